The Kier molecular flexibility index (Phi) is 4.19. The zero-order valence-electron chi connectivity index (χ0n) is 13.2. The molecular weight excluding hydrogens is 328 g/mol. The van der Waals surface area contributed by atoms with Crippen LogP contribution in [0.15, 0.2) is 41.3 Å². The van der Waals surface area contributed by atoms with E-state index in [0.29, 0.717) is 18.7 Å². The average molecular weight is 346 g/mol. The van der Waals surface area contributed by atoms with Crippen molar-refractivity contribution in [1.82, 2.24) is 0 Å². The number of carbonyl (C=O) groups is 1. The van der Waals surface area contributed by atoms with Gasteiger partial charge < -0.3 is 10.4 Å². The van der Waals surface area contributed by atoms with Crippen LogP contribution >= 0.6 is 0 Å². The normalized spacial score (nSPS) is 13.7. The van der Waals surface area contributed by atoms with Crippen LogP contribution in [0.2, 0.25) is 0 Å². The molecular formula is C17H18N2O4S. The van der Waals surface area contributed by atoms with Gasteiger partial charge in [0, 0.05) is 6.54 Å². The third-order valence-corrected chi connectivity index (χ3v) is 5.36. The maximum atomic E-state index is 12.5. The zero-order chi connectivity index (χ0) is 17.3. The summed E-state index contributed by atoms with van der Waals surface area (Å²) in [4.78, 5) is 11.6. The first-order valence-corrected chi connectivity index (χ1v) is 9.09. The van der Waals surface area contributed by atoms with Gasteiger partial charge in [-0.2, -0.15) is 0 Å². The van der Waals surface area contributed by atoms with E-state index in [1.54, 1.807) is 18.2 Å². The van der Waals surface area contributed by atoms with Crippen LogP contribution in [0.5, 0.6) is 0 Å². The molecule has 0 fully saturated rings. The lowest BCUT2D eigenvalue weighted by Crippen LogP contribution is -2.18. The van der Waals surface area contributed by atoms with Crippen molar-refractivity contribution in [2.45, 2.75) is 24.7 Å². The second-order valence-corrected chi connectivity index (χ2v) is 7.49. The molecule has 0 saturated carbocycles. The fourth-order valence-corrected chi connectivity index (χ4v) is 3.80. The van der Waals surface area contributed by atoms with Gasteiger partial charge in [-0.1, -0.05) is 17.7 Å². The predicted molar refractivity (Wildman–Crippen MR) is 92.2 cm³/mol. The molecule has 0 unspecified atom stereocenters. The largest absolute Gasteiger partial charge is 0.478 e. The zero-order valence-corrected chi connectivity index (χ0v) is 14.0. The number of aromatic carboxylic acids is 1. The summed E-state index contributed by atoms with van der Waals surface area (Å²) >= 11 is 0. The third kappa shape index (κ3) is 3.21. The van der Waals surface area contributed by atoms with E-state index in [0.717, 1.165) is 17.5 Å². The van der Waals surface area contributed by atoms with Crippen molar-refractivity contribution >= 4 is 27.4 Å². The van der Waals surface area contributed by atoms with E-state index >= 15 is 0 Å². The summed E-state index contributed by atoms with van der Waals surface area (Å²) in [7, 11) is -3.76. The Hall–Kier alpha value is -2.54. The van der Waals surface area contributed by atoms with Gasteiger partial charge in [-0.3, -0.25) is 4.72 Å². The molecule has 0 spiro atoms. The van der Waals surface area contributed by atoms with Crippen LogP contribution < -0.4 is 10.0 Å². The maximum Gasteiger partial charge on any atom is 0.337 e. The van der Waals surface area contributed by atoms with E-state index < -0.39 is 16.0 Å². The standard InChI is InChI=1S/C17H18N2O4S/c1-11-4-6-14(7-5-11)24(22,23)19-13-9-12-3-2-8-18-16(12)15(10-13)17(20)21/h4-7,9-10,18-19H,2-3,8H2,1H3,(H,20,21). The number of hydrogen-bond donors (Lipinski definition) is 3. The second kappa shape index (κ2) is 6.16. The van der Waals surface area contributed by atoms with Gasteiger partial charge in [0.25, 0.3) is 10.0 Å². The highest BCUT2D eigenvalue weighted by Crippen LogP contribution is 2.31. The number of hydrogen-bond acceptors (Lipinski definition) is 4. The van der Waals surface area contributed by atoms with Gasteiger partial charge in [-0.25, -0.2) is 13.2 Å². The highest BCUT2D eigenvalue weighted by atomic mass is 32.2. The Morgan fingerprint density at radius 2 is 1.92 bits per heavy atom. The average Bonchev–Trinajstić information content (AvgIpc) is 2.54. The molecule has 1 aliphatic heterocycles. The summed E-state index contributed by atoms with van der Waals surface area (Å²) in [5, 5.41) is 12.5. The van der Waals surface area contributed by atoms with E-state index in [9.17, 15) is 18.3 Å². The van der Waals surface area contributed by atoms with Crippen LogP contribution in [0, 0.1) is 6.92 Å². The number of carboxylic acids is 1. The van der Waals surface area contributed by atoms with Gasteiger partial charge >= 0.3 is 5.97 Å². The number of nitrogens with one attached hydrogen (secondary N) is 2. The Labute approximate surface area is 140 Å². The summed E-state index contributed by atoms with van der Waals surface area (Å²) in [6, 6.07) is 9.53. The minimum atomic E-state index is -3.76. The summed E-state index contributed by atoms with van der Waals surface area (Å²) in [5.74, 6) is -1.09. The fraction of sp³-hybridized carbons (Fsp3) is 0.235. The van der Waals surface area contributed by atoms with Crippen molar-refractivity contribution in [3.8, 4) is 0 Å². The van der Waals surface area contributed by atoms with Crippen molar-refractivity contribution in [3.63, 3.8) is 0 Å². The summed E-state index contributed by atoms with van der Waals surface area (Å²) in [6.45, 7) is 2.58. The lowest BCUT2D eigenvalue weighted by atomic mass is 9.98. The first-order chi connectivity index (χ1) is 11.4. The van der Waals surface area contributed by atoms with Crippen LogP contribution in [0.1, 0.15) is 27.9 Å². The molecule has 0 bridgehead atoms. The van der Waals surface area contributed by atoms with E-state index in [4.69, 9.17) is 0 Å². The maximum absolute atomic E-state index is 12.5. The SMILES string of the molecule is Cc1ccc(S(=O)(=O)Nc2cc3c(c(C(=O)O)c2)NCCC3)cc1. The molecule has 2 aromatic rings. The third-order valence-electron chi connectivity index (χ3n) is 3.96. The number of sulfonamides is 1. The van der Waals surface area contributed by atoms with Crippen LogP contribution in [-0.2, 0) is 16.4 Å². The Morgan fingerprint density at radius 3 is 2.58 bits per heavy atom. The number of carboxylic acid groups (broad SMARTS) is 1. The molecule has 1 aliphatic rings. The molecule has 0 aromatic heterocycles. The summed E-state index contributed by atoms with van der Waals surface area (Å²) < 4.78 is 27.5. The smallest absolute Gasteiger partial charge is 0.337 e. The molecule has 3 rings (SSSR count). The van der Waals surface area contributed by atoms with Gasteiger partial charge in [0.05, 0.1) is 21.8 Å². The second-order valence-electron chi connectivity index (χ2n) is 5.81. The highest BCUT2D eigenvalue weighted by molar-refractivity contribution is 7.92. The topological polar surface area (TPSA) is 95.5 Å². The van der Waals surface area contributed by atoms with Crippen molar-refractivity contribution < 1.29 is 18.3 Å². The molecule has 0 amide bonds. The molecule has 6 nitrogen and oxygen atoms in total. The Balaban J connectivity index is 1.99. The molecule has 24 heavy (non-hydrogen) atoms. The first-order valence-electron chi connectivity index (χ1n) is 7.60. The number of fused-ring (bicyclic) bond motifs is 1. The number of rotatable bonds is 4. The molecule has 0 atom stereocenters. The van der Waals surface area contributed by atoms with E-state index in [-0.39, 0.29) is 16.1 Å². The Bertz CT molecular complexity index is 890. The van der Waals surface area contributed by atoms with Gasteiger partial charge in [0.2, 0.25) is 0 Å². The van der Waals surface area contributed by atoms with Gasteiger partial charge in [-0.15, -0.1) is 0 Å². The van der Waals surface area contributed by atoms with Crippen LogP contribution in [0.4, 0.5) is 11.4 Å². The van der Waals surface area contributed by atoms with Gasteiger partial charge in [0.15, 0.2) is 0 Å². The van der Waals surface area contributed by atoms with Gasteiger partial charge in [-0.05, 0) is 49.6 Å². The van der Waals surface area contributed by atoms with Gasteiger partial charge in [0.1, 0.15) is 0 Å². The van der Waals surface area contributed by atoms with Crippen molar-refractivity contribution in [2.24, 2.45) is 0 Å². The van der Waals surface area contributed by atoms with Crippen molar-refractivity contribution in [1.29, 1.82) is 0 Å². The predicted octanol–water partition coefficient (Wildman–Crippen LogP) is 2.85. The molecule has 3 N–H and O–H groups in total. The Morgan fingerprint density at radius 1 is 1.21 bits per heavy atom. The first kappa shape index (κ1) is 16.3. The highest BCUT2D eigenvalue weighted by Gasteiger charge is 2.21. The number of benzene rings is 2. The fourth-order valence-electron chi connectivity index (χ4n) is 2.76. The van der Waals surface area contributed by atoms with Crippen molar-refractivity contribution in [2.75, 3.05) is 16.6 Å². The number of anilines is 2. The van der Waals surface area contributed by atoms with E-state index in [2.05, 4.69) is 10.0 Å². The minimum absolute atomic E-state index is 0.0776. The summed E-state index contributed by atoms with van der Waals surface area (Å²) in [5.41, 5.74) is 2.68. The van der Waals surface area contributed by atoms with Crippen LogP contribution in [0.25, 0.3) is 0 Å². The lowest BCUT2D eigenvalue weighted by Gasteiger charge is -2.21. The molecule has 0 radical (unpaired) electrons. The number of aryl methyl sites for hydroxylation is 2. The molecule has 2 aromatic carbocycles. The molecule has 126 valence electrons. The van der Waals surface area contributed by atoms with Crippen LogP contribution in [-0.4, -0.2) is 26.0 Å². The quantitative estimate of drug-likeness (QED) is 0.791. The molecule has 0 aliphatic carbocycles. The molecule has 0 saturated heterocycles. The summed E-state index contributed by atoms with van der Waals surface area (Å²) in [6.07, 6.45) is 1.59. The van der Waals surface area contributed by atoms with E-state index in [1.165, 1.54) is 18.2 Å². The monoisotopic (exact) mass is 346 g/mol. The minimum Gasteiger partial charge on any atom is -0.478 e. The van der Waals surface area contributed by atoms with Crippen LogP contribution in [0.3, 0.4) is 0 Å². The lowest BCUT2D eigenvalue weighted by molar-refractivity contribution is 0.0697. The molecule has 7 heteroatoms. The van der Waals surface area contributed by atoms with Crippen molar-refractivity contribution in [3.05, 3.63) is 53.1 Å². The molecule has 1 heterocycles. The van der Waals surface area contributed by atoms with E-state index in [1.807, 2.05) is 6.92 Å².